The van der Waals surface area contributed by atoms with Crippen molar-refractivity contribution >= 4 is 5.96 Å². The second kappa shape index (κ2) is 33.4. The first kappa shape index (κ1) is 34.2. The first-order chi connectivity index (χ1) is 11.4. The molecule has 0 spiro atoms. The van der Waals surface area contributed by atoms with Crippen molar-refractivity contribution in [3.05, 3.63) is 24.3 Å². The van der Waals surface area contributed by atoms with Crippen molar-refractivity contribution in [2.24, 2.45) is 10.7 Å². The maximum Gasteiger partial charge on any atom is 0.191 e. The quantitative estimate of drug-likeness (QED) is 0.344. The van der Waals surface area contributed by atoms with Gasteiger partial charge in [-0.3, -0.25) is 4.99 Å². The lowest BCUT2D eigenvalue weighted by molar-refractivity contribution is 0.411. The highest BCUT2D eigenvalue weighted by molar-refractivity contribution is 5.78. The van der Waals surface area contributed by atoms with E-state index in [0.29, 0.717) is 12.0 Å². The maximum absolute atomic E-state index is 5.81. The van der Waals surface area contributed by atoms with Crippen molar-refractivity contribution in [2.45, 2.75) is 95.0 Å². The summed E-state index contributed by atoms with van der Waals surface area (Å²) in [5, 5.41) is 0. The number of nitrogens with two attached hydrogens (primary N) is 1. The van der Waals surface area contributed by atoms with Gasteiger partial charge in [0.15, 0.2) is 5.96 Å². The minimum atomic E-state index is 0.388. The largest absolute Gasteiger partial charge is 0.370 e. The van der Waals surface area contributed by atoms with Crippen LogP contribution in [0, 0.1) is 0 Å². The molecular formula is C21H49N3. The molecule has 0 aromatic carbocycles. The average molecular weight is 344 g/mol. The van der Waals surface area contributed by atoms with Crippen molar-refractivity contribution in [1.29, 1.82) is 0 Å². The summed E-state index contributed by atoms with van der Waals surface area (Å²) in [4.78, 5) is 6.28. The molecule has 0 amide bonds. The van der Waals surface area contributed by atoms with Gasteiger partial charge >= 0.3 is 0 Å². The smallest absolute Gasteiger partial charge is 0.191 e. The van der Waals surface area contributed by atoms with Gasteiger partial charge in [0.2, 0.25) is 0 Å². The molecule has 0 saturated carbocycles. The van der Waals surface area contributed by atoms with Gasteiger partial charge in [0, 0.05) is 19.6 Å². The Bertz CT molecular complexity index is 266. The Morgan fingerprint density at radius 3 is 1.75 bits per heavy atom. The summed E-state index contributed by atoms with van der Waals surface area (Å²) in [6, 6.07) is 0.388. The molecule has 0 heterocycles. The minimum Gasteiger partial charge on any atom is -0.370 e. The molecule has 148 valence electrons. The number of hydrogen-bond donors (Lipinski definition) is 1. The lowest BCUT2D eigenvalue weighted by Crippen LogP contribution is -2.39. The monoisotopic (exact) mass is 343 g/mol. The molecule has 0 atom stereocenters. The molecule has 0 bridgehead atoms. The van der Waals surface area contributed by atoms with E-state index in [-0.39, 0.29) is 0 Å². The molecule has 0 unspecified atom stereocenters. The fourth-order valence-corrected chi connectivity index (χ4v) is 1.01. The van der Waals surface area contributed by atoms with E-state index < -0.39 is 0 Å². The van der Waals surface area contributed by atoms with Crippen molar-refractivity contribution in [3.63, 3.8) is 0 Å². The van der Waals surface area contributed by atoms with Crippen molar-refractivity contribution in [1.82, 2.24) is 4.90 Å². The van der Waals surface area contributed by atoms with Crippen molar-refractivity contribution in [3.8, 4) is 0 Å². The van der Waals surface area contributed by atoms with Crippen LogP contribution in [0.15, 0.2) is 29.3 Å². The molecule has 0 aliphatic carbocycles. The van der Waals surface area contributed by atoms with Crippen molar-refractivity contribution < 1.29 is 0 Å². The van der Waals surface area contributed by atoms with Gasteiger partial charge in [0.1, 0.15) is 0 Å². The van der Waals surface area contributed by atoms with Crippen LogP contribution in [0.25, 0.3) is 0 Å². The third kappa shape index (κ3) is 32.6. The van der Waals surface area contributed by atoms with Gasteiger partial charge in [-0.2, -0.15) is 0 Å². The number of aliphatic imine (C=N–C) groups is 1. The molecule has 0 aromatic rings. The first-order valence-electron chi connectivity index (χ1n) is 9.71. The molecule has 24 heavy (non-hydrogen) atoms. The highest BCUT2D eigenvalue weighted by atomic mass is 15.2. The number of allylic oxidation sites excluding steroid dienone is 2. The topological polar surface area (TPSA) is 41.6 Å². The molecule has 0 rings (SSSR count). The van der Waals surface area contributed by atoms with Crippen LogP contribution in [0.2, 0.25) is 0 Å². The van der Waals surface area contributed by atoms with E-state index >= 15 is 0 Å². The van der Waals surface area contributed by atoms with E-state index in [1.165, 1.54) is 12.0 Å². The summed E-state index contributed by atoms with van der Waals surface area (Å²) in [6.07, 6.45) is 5.97. The summed E-state index contributed by atoms with van der Waals surface area (Å²) < 4.78 is 0. The number of guanidine groups is 1. The highest BCUT2D eigenvalue weighted by Crippen LogP contribution is 2.00. The summed E-state index contributed by atoms with van der Waals surface area (Å²) >= 11 is 0. The van der Waals surface area contributed by atoms with Crippen LogP contribution in [-0.4, -0.2) is 30.5 Å². The molecule has 0 radical (unpaired) electrons. The van der Waals surface area contributed by atoms with Gasteiger partial charge in [-0.05, 0) is 27.2 Å². The fraction of sp³-hybridized carbons (Fsp3) is 0.762. The summed E-state index contributed by atoms with van der Waals surface area (Å²) in [5.74, 6) is 0.608. The van der Waals surface area contributed by atoms with E-state index in [9.17, 15) is 0 Å². The Kier molecular flexibility index (Phi) is 47.5. The summed E-state index contributed by atoms with van der Waals surface area (Å²) in [5.41, 5.74) is 7.09. The number of rotatable bonds is 5. The Morgan fingerprint density at radius 1 is 1.08 bits per heavy atom. The lowest BCUT2D eigenvalue weighted by Gasteiger charge is -2.22. The molecule has 0 saturated heterocycles. The average Bonchev–Trinajstić information content (AvgIpc) is 2.60. The molecule has 3 nitrogen and oxygen atoms in total. The molecule has 2 N–H and O–H groups in total. The lowest BCUT2D eigenvalue weighted by atomic mass is 10.2. The highest BCUT2D eigenvalue weighted by Gasteiger charge is 2.04. The third-order valence-electron chi connectivity index (χ3n) is 2.32. The fourth-order valence-electron chi connectivity index (χ4n) is 1.01. The molecule has 3 heteroatoms. The van der Waals surface area contributed by atoms with Crippen LogP contribution in [0.1, 0.15) is 89.0 Å². The number of hydrogen-bond acceptors (Lipinski definition) is 1. The van der Waals surface area contributed by atoms with Crippen LogP contribution in [0.3, 0.4) is 0 Å². The van der Waals surface area contributed by atoms with Gasteiger partial charge < -0.3 is 10.6 Å². The zero-order valence-corrected chi connectivity index (χ0v) is 19.0. The zero-order valence-electron chi connectivity index (χ0n) is 19.0. The zero-order chi connectivity index (χ0) is 20.6. The standard InChI is InChI=1S/C12H23N3.C3H8.3C2H6/c1-6-7-11(4)8-9-14-12(13)15(5)10(2)3;1-3-2;3*1-2/h6-7,10H,1,8-9H2,2-5H3,(H2,13,14);3H2,1-2H3;3*1-2H3/b11-7-;;;;. The van der Waals surface area contributed by atoms with Gasteiger partial charge in [-0.15, -0.1) is 0 Å². The summed E-state index contributed by atoms with van der Waals surface area (Å²) in [7, 11) is 1.95. The van der Waals surface area contributed by atoms with E-state index in [4.69, 9.17) is 5.73 Å². The molecule has 0 aliphatic rings. The van der Waals surface area contributed by atoms with Crippen LogP contribution >= 0.6 is 0 Å². The van der Waals surface area contributed by atoms with Gasteiger partial charge in [-0.25, -0.2) is 0 Å². The normalized spacial score (nSPS) is 9.71. The van der Waals surface area contributed by atoms with Crippen molar-refractivity contribution in [2.75, 3.05) is 13.6 Å². The van der Waals surface area contributed by atoms with E-state index in [2.05, 4.69) is 46.2 Å². The minimum absolute atomic E-state index is 0.388. The molecular weight excluding hydrogens is 294 g/mol. The molecule has 0 fully saturated rings. The van der Waals surface area contributed by atoms with E-state index in [1.807, 2.05) is 59.6 Å². The first-order valence-corrected chi connectivity index (χ1v) is 9.71. The van der Waals surface area contributed by atoms with E-state index in [1.54, 1.807) is 6.08 Å². The second-order valence-electron chi connectivity index (χ2n) is 4.65. The van der Waals surface area contributed by atoms with Crippen LogP contribution in [0.5, 0.6) is 0 Å². The SMILES string of the molecule is C=C/C=C(/C)CCN=C(N)N(C)C(C)C.CC.CC.CC.CCC. The van der Waals surface area contributed by atoms with Gasteiger partial charge in [-0.1, -0.05) is 86.1 Å². The molecule has 0 aliphatic heterocycles. The Morgan fingerprint density at radius 2 is 1.46 bits per heavy atom. The maximum atomic E-state index is 5.81. The van der Waals surface area contributed by atoms with E-state index in [0.717, 1.165) is 13.0 Å². The Hall–Kier alpha value is -1.25. The van der Waals surface area contributed by atoms with Crippen LogP contribution in [-0.2, 0) is 0 Å². The molecule has 0 aromatic heterocycles. The van der Waals surface area contributed by atoms with Crippen LogP contribution in [0.4, 0.5) is 0 Å². The van der Waals surface area contributed by atoms with Crippen LogP contribution < -0.4 is 5.73 Å². The summed E-state index contributed by atoms with van der Waals surface area (Å²) in [6.45, 7) is 26.9. The van der Waals surface area contributed by atoms with Gasteiger partial charge in [0.25, 0.3) is 0 Å². The second-order valence-corrected chi connectivity index (χ2v) is 4.65. The predicted octanol–water partition coefficient (Wildman–Crippen LogP) is 6.66. The number of nitrogens with zero attached hydrogens (tertiary/aromatic N) is 2. The Labute approximate surface area is 155 Å². The van der Waals surface area contributed by atoms with Gasteiger partial charge in [0.05, 0.1) is 0 Å². The Balaban J connectivity index is -0.000000113. The third-order valence-corrected chi connectivity index (χ3v) is 2.32. The predicted molar refractivity (Wildman–Crippen MR) is 118 cm³/mol.